The largest absolute Gasteiger partial charge is 0.263 e. The number of aliphatic imine (C=N–C) groups is 1. The molecule has 4 heteroatoms. The van der Waals surface area contributed by atoms with Crippen LogP contribution in [0, 0.1) is 5.41 Å². The molecule has 0 amide bonds. The summed E-state index contributed by atoms with van der Waals surface area (Å²) in [5.41, 5.74) is 0.601. The minimum atomic E-state index is -3.41. The Kier molecular flexibility index (Phi) is 1.77. The number of hydrogen-bond acceptors (Lipinski definition) is 3. The van der Waals surface area contributed by atoms with Crippen LogP contribution in [0.2, 0.25) is 0 Å². The van der Waals surface area contributed by atoms with Crippen molar-refractivity contribution in [2.45, 2.75) is 4.90 Å². The smallest absolute Gasteiger partial charge is 0.210 e. The predicted molar refractivity (Wildman–Crippen MR) is 49.0 cm³/mol. The molecule has 1 aromatic rings. The first-order chi connectivity index (χ1) is 6.20. The molecule has 0 bridgehead atoms. The number of fused-ring (bicyclic) bond motifs is 1. The second kappa shape index (κ2) is 2.81. The number of nitrogens with zero attached hydrogens (tertiary/aromatic N) is 1. The molecular formula is C9H6NO2S. The van der Waals surface area contributed by atoms with Gasteiger partial charge in [-0.3, -0.25) is 4.99 Å². The lowest BCUT2D eigenvalue weighted by Crippen LogP contribution is -1.99. The average molecular weight is 192 g/mol. The summed E-state index contributed by atoms with van der Waals surface area (Å²) >= 11 is 0. The molecule has 0 saturated carbocycles. The Balaban J connectivity index is 2.79. The van der Waals surface area contributed by atoms with E-state index in [2.05, 4.69) is 10.4 Å². The molecule has 0 unspecified atom stereocenters. The minimum Gasteiger partial charge on any atom is -0.263 e. The monoisotopic (exact) mass is 192 g/mol. The quantitative estimate of drug-likeness (QED) is 0.619. The zero-order chi connectivity index (χ0) is 9.31. The van der Waals surface area contributed by atoms with Gasteiger partial charge in [0, 0.05) is 18.0 Å². The maximum absolute atomic E-state index is 11.5. The van der Waals surface area contributed by atoms with E-state index in [9.17, 15) is 8.42 Å². The van der Waals surface area contributed by atoms with Gasteiger partial charge in [0.15, 0.2) is 0 Å². The summed E-state index contributed by atoms with van der Waals surface area (Å²) < 4.78 is 22.9. The normalized spacial score (nSPS) is 17.8. The summed E-state index contributed by atoms with van der Waals surface area (Å²) in [6.45, 7) is 0. The molecule has 0 fully saturated rings. The van der Waals surface area contributed by atoms with Crippen molar-refractivity contribution in [1.82, 2.24) is 0 Å². The van der Waals surface area contributed by atoms with Crippen LogP contribution < -0.4 is 0 Å². The molecular weight excluding hydrogens is 186 g/mol. The minimum absolute atomic E-state index is 0.257. The Morgan fingerprint density at radius 1 is 1.23 bits per heavy atom. The van der Waals surface area contributed by atoms with E-state index >= 15 is 0 Å². The van der Waals surface area contributed by atoms with Crippen molar-refractivity contribution in [2.75, 3.05) is 0 Å². The maximum Gasteiger partial charge on any atom is 0.210 e. The molecule has 1 heterocycles. The van der Waals surface area contributed by atoms with E-state index in [0.717, 1.165) is 6.20 Å². The van der Waals surface area contributed by atoms with E-state index in [1.807, 2.05) is 0 Å². The number of benzene rings is 1. The third-order valence-corrected chi connectivity index (χ3v) is 3.07. The summed E-state index contributed by atoms with van der Waals surface area (Å²) in [5.74, 6) is 0. The van der Waals surface area contributed by atoms with Crippen LogP contribution in [0.15, 0.2) is 40.4 Å². The molecule has 0 saturated heterocycles. The fourth-order valence-corrected chi connectivity index (χ4v) is 2.13. The molecule has 2 rings (SSSR count). The van der Waals surface area contributed by atoms with Crippen molar-refractivity contribution >= 4 is 16.1 Å². The molecule has 0 aromatic heterocycles. The van der Waals surface area contributed by atoms with Gasteiger partial charge in [-0.1, -0.05) is 18.2 Å². The Labute approximate surface area is 76.4 Å². The number of rotatable bonds is 0. The maximum atomic E-state index is 11.5. The first-order valence-electron chi connectivity index (χ1n) is 3.66. The molecule has 0 N–H and O–H groups in total. The predicted octanol–water partition coefficient (Wildman–Crippen LogP) is 1.17. The van der Waals surface area contributed by atoms with Crippen molar-refractivity contribution in [3.63, 3.8) is 0 Å². The molecule has 13 heavy (non-hydrogen) atoms. The van der Waals surface area contributed by atoms with Gasteiger partial charge in [0.05, 0.1) is 4.90 Å². The first kappa shape index (κ1) is 8.19. The van der Waals surface area contributed by atoms with Crippen LogP contribution in [0.25, 0.3) is 0 Å². The highest BCUT2D eigenvalue weighted by atomic mass is 32.2. The lowest BCUT2D eigenvalue weighted by molar-refractivity contribution is 0.603. The van der Waals surface area contributed by atoms with Gasteiger partial charge in [0.2, 0.25) is 9.84 Å². The van der Waals surface area contributed by atoms with Gasteiger partial charge in [0.25, 0.3) is 0 Å². The van der Waals surface area contributed by atoms with Crippen molar-refractivity contribution in [1.29, 1.82) is 0 Å². The second-order valence-electron chi connectivity index (χ2n) is 2.57. The summed E-state index contributed by atoms with van der Waals surface area (Å²) in [5, 5.41) is 2.23. The van der Waals surface area contributed by atoms with Crippen LogP contribution in [0.3, 0.4) is 0 Å². The van der Waals surface area contributed by atoms with Gasteiger partial charge < -0.3 is 0 Å². The van der Waals surface area contributed by atoms with Crippen molar-refractivity contribution < 1.29 is 8.42 Å². The topological polar surface area (TPSA) is 46.5 Å². The zero-order valence-electron chi connectivity index (χ0n) is 6.64. The van der Waals surface area contributed by atoms with Crippen LogP contribution in [-0.2, 0) is 9.84 Å². The molecule has 1 aromatic carbocycles. The van der Waals surface area contributed by atoms with Crippen molar-refractivity contribution in [3.8, 4) is 0 Å². The molecule has 1 aliphatic rings. The van der Waals surface area contributed by atoms with Crippen LogP contribution >= 0.6 is 0 Å². The van der Waals surface area contributed by atoms with Crippen LogP contribution in [0.4, 0.5) is 0 Å². The molecule has 3 nitrogen and oxygen atoms in total. The van der Waals surface area contributed by atoms with E-state index in [0.29, 0.717) is 5.56 Å². The molecule has 65 valence electrons. The summed E-state index contributed by atoms with van der Waals surface area (Å²) in [6.07, 6.45) is 2.67. The van der Waals surface area contributed by atoms with E-state index in [-0.39, 0.29) is 4.90 Å². The van der Waals surface area contributed by atoms with Crippen LogP contribution in [0.1, 0.15) is 5.56 Å². The number of hydrogen-bond donors (Lipinski definition) is 0. The molecule has 1 aliphatic heterocycles. The van der Waals surface area contributed by atoms with Gasteiger partial charge in [-0.2, -0.15) is 0 Å². The second-order valence-corrected chi connectivity index (χ2v) is 4.25. The highest BCUT2D eigenvalue weighted by Gasteiger charge is 2.15. The molecule has 0 aliphatic carbocycles. The highest BCUT2D eigenvalue weighted by molar-refractivity contribution is 7.93. The van der Waals surface area contributed by atoms with Crippen molar-refractivity contribution in [3.05, 3.63) is 41.4 Å². The Morgan fingerprint density at radius 2 is 2.00 bits per heavy atom. The SMILES string of the molecule is O=S1(=O)[C]=CN=Cc2ccccc21. The van der Waals surface area contributed by atoms with Crippen molar-refractivity contribution in [2.24, 2.45) is 4.99 Å². The first-order valence-corrected chi connectivity index (χ1v) is 5.15. The van der Waals surface area contributed by atoms with Gasteiger partial charge >= 0.3 is 0 Å². The molecule has 1 radical (unpaired) electrons. The zero-order valence-corrected chi connectivity index (χ0v) is 7.45. The van der Waals surface area contributed by atoms with E-state index in [1.54, 1.807) is 24.3 Å². The van der Waals surface area contributed by atoms with E-state index in [1.165, 1.54) is 6.21 Å². The van der Waals surface area contributed by atoms with Crippen LogP contribution in [-0.4, -0.2) is 14.6 Å². The van der Waals surface area contributed by atoms with E-state index < -0.39 is 9.84 Å². The van der Waals surface area contributed by atoms with Crippen LogP contribution in [0.5, 0.6) is 0 Å². The highest BCUT2D eigenvalue weighted by Crippen LogP contribution is 2.17. The third-order valence-electron chi connectivity index (χ3n) is 1.70. The standard InChI is InChI=1S/C9H6NO2S/c11-13(12)6-5-10-7-8-3-1-2-4-9(8)13/h1-5,7H. The number of sulfone groups is 1. The Bertz CT molecular complexity index is 486. The molecule has 0 spiro atoms. The fraction of sp³-hybridized carbons (Fsp3) is 0. The summed E-state index contributed by atoms with van der Waals surface area (Å²) in [4.78, 5) is 4.02. The van der Waals surface area contributed by atoms with Gasteiger partial charge in [0.1, 0.15) is 5.41 Å². The average Bonchev–Trinajstić information content (AvgIpc) is 2.26. The van der Waals surface area contributed by atoms with Gasteiger partial charge in [-0.25, -0.2) is 8.42 Å². The Morgan fingerprint density at radius 3 is 2.85 bits per heavy atom. The lowest BCUT2D eigenvalue weighted by atomic mass is 10.2. The lowest BCUT2D eigenvalue weighted by Gasteiger charge is -1.99. The fourth-order valence-electron chi connectivity index (χ4n) is 1.11. The third kappa shape index (κ3) is 1.40. The molecule has 0 atom stereocenters. The van der Waals surface area contributed by atoms with E-state index in [4.69, 9.17) is 0 Å². The summed E-state index contributed by atoms with van der Waals surface area (Å²) in [6, 6.07) is 6.70. The Hall–Kier alpha value is -1.42. The van der Waals surface area contributed by atoms with Gasteiger partial charge in [-0.05, 0) is 6.07 Å². The summed E-state index contributed by atoms with van der Waals surface area (Å²) in [7, 11) is -3.41. The van der Waals surface area contributed by atoms with Gasteiger partial charge in [-0.15, -0.1) is 0 Å².